The van der Waals surface area contributed by atoms with Crippen molar-refractivity contribution in [2.75, 3.05) is 0 Å². The van der Waals surface area contributed by atoms with Gasteiger partial charge in [0.05, 0.1) is 11.0 Å². The molecule has 3 heteroatoms. The fraction of sp³-hybridized carbons (Fsp3) is 0.200. The molecule has 1 aromatic heterocycles. The summed E-state index contributed by atoms with van der Waals surface area (Å²) in [7, 11) is 0. The van der Waals surface area contributed by atoms with Crippen LogP contribution in [0, 0.1) is 0 Å². The number of aromatic nitrogens is 2. The predicted octanol–water partition coefficient (Wildman–Crippen LogP) is 1.94. The Hall–Kier alpha value is -1.64. The summed E-state index contributed by atoms with van der Waals surface area (Å²) in [5, 5.41) is 0. The summed E-state index contributed by atoms with van der Waals surface area (Å²) in [6, 6.07) is 5.55. The van der Waals surface area contributed by atoms with E-state index in [0.29, 0.717) is 5.56 Å². The van der Waals surface area contributed by atoms with E-state index in [4.69, 9.17) is 0 Å². The third-order valence-electron chi connectivity index (χ3n) is 2.05. The van der Waals surface area contributed by atoms with E-state index in [1.807, 2.05) is 19.1 Å². The van der Waals surface area contributed by atoms with Crippen LogP contribution in [0.25, 0.3) is 11.0 Å². The Morgan fingerprint density at radius 2 is 2.38 bits per heavy atom. The number of rotatable bonds is 2. The lowest BCUT2D eigenvalue weighted by molar-refractivity contribution is 0.112. The van der Waals surface area contributed by atoms with Crippen molar-refractivity contribution in [2.24, 2.45) is 0 Å². The fourth-order valence-electron chi connectivity index (χ4n) is 1.37. The average Bonchev–Trinajstić information content (AvgIpc) is 2.59. The van der Waals surface area contributed by atoms with E-state index in [0.717, 1.165) is 29.6 Å². The predicted molar refractivity (Wildman–Crippen MR) is 50.9 cm³/mol. The molecule has 0 bridgehead atoms. The van der Waals surface area contributed by atoms with Gasteiger partial charge in [0.25, 0.3) is 0 Å². The number of H-pyrrole nitrogens is 1. The van der Waals surface area contributed by atoms with Crippen molar-refractivity contribution in [3.05, 3.63) is 29.6 Å². The van der Waals surface area contributed by atoms with Gasteiger partial charge in [0.2, 0.25) is 0 Å². The normalized spacial score (nSPS) is 10.5. The van der Waals surface area contributed by atoms with Crippen molar-refractivity contribution >= 4 is 17.3 Å². The highest BCUT2D eigenvalue weighted by atomic mass is 16.1. The second-order valence-electron chi connectivity index (χ2n) is 2.90. The van der Waals surface area contributed by atoms with Gasteiger partial charge < -0.3 is 4.98 Å². The summed E-state index contributed by atoms with van der Waals surface area (Å²) in [4.78, 5) is 18.1. The molecule has 0 aliphatic carbocycles. The average molecular weight is 174 g/mol. The monoisotopic (exact) mass is 174 g/mol. The third kappa shape index (κ3) is 1.22. The molecule has 0 radical (unpaired) electrons. The van der Waals surface area contributed by atoms with Crippen molar-refractivity contribution in [3.63, 3.8) is 0 Å². The largest absolute Gasteiger partial charge is 0.342 e. The first-order valence-corrected chi connectivity index (χ1v) is 4.28. The van der Waals surface area contributed by atoms with E-state index < -0.39 is 0 Å². The Morgan fingerprint density at radius 3 is 3.08 bits per heavy atom. The standard InChI is InChI=1S/C10H10N2O/c1-2-9-11-8-5-3-4-7(6-13)10(8)12-9/h3-6H,2H2,1H3,(H,11,12). The summed E-state index contributed by atoms with van der Waals surface area (Å²) in [5.74, 6) is 0.921. The number of para-hydroxylation sites is 1. The van der Waals surface area contributed by atoms with Gasteiger partial charge in [-0.15, -0.1) is 0 Å². The number of imidazole rings is 1. The molecular formula is C10H10N2O. The molecule has 0 fully saturated rings. The lowest BCUT2D eigenvalue weighted by Crippen LogP contribution is -1.82. The van der Waals surface area contributed by atoms with Gasteiger partial charge in [-0.05, 0) is 12.1 Å². The second-order valence-corrected chi connectivity index (χ2v) is 2.90. The van der Waals surface area contributed by atoms with Crippen LogP contribution in [-0.4, -0.2) is 16.3 Å². The third-order valence-corrected chi connectivity index (χ3v) is 2.05. The topological polar surface area (TPSA) is 45.8 Å². The van der Waals surface area contributed by atoms with Gasteiger partial charge in [-0.3, -0.25) is 4.79 Å². The fourth-order valence-corrected chi connectivity index (χ4v) is 1.37. The Labute approximate surface area is 75.8 Å². The molecule has 0 saturated carbocycles. The number of nitrogens with one attached hydrogen (secondary N) is 1. The van der Waals surface area contributed by atoms with Gasteiger partial charge in [0.15, 0.2) is 6.29 Å². The van der Waals surface area contributed by atoms with Crippen LogP contribution < -0.4 is 0 Å². The lowest BCUT2D eigenvalue weighted by atomic mass is 10.2. The Bertz CT molecular complexity index is 445. The maximum atomic E-state index is 10.7. The molecular weight excluding hydrogens is 164 g/mol. The molecule has 0 unspecified atom stereocenters. The first kappa shape index (κ1) is 7.98. The van der Waals surface area contributed by atoms with E-state index in [1.165, 1.54) is 0 Å². The first-order valence-electron chi connectivity index (χ1n) is 4.28. The molecule has 0 aliphatic rings. The van der Waals surface area contributed by atoms with Crippen molar-refractivity contribution in [1.29, 1.82) is 0 Å². The molecule has 0 amide bonds. The van der Waals surface area contributed by atoms with Crippen LogP contribution in [0.1, 0.15) is 23.1 Å². The lowest BCUT2D eigenvalue weighted by Gasteiger charge is -1.89. The van der Waals surface area contributed by atoms with E-state index in [2.05, 4.69) is 9.97 Å². The summed E-state index contributed by atoms with van der Waals surface area (Å²) in [6.07, 6.45) is 1.69. The molecule has 2 rings (SSSR count). The molecule has 2 aromatic rings. The van der Waals surface area contributed by atoms with E-state index in [9.17, 15) is 4.79 Å². The smallest absolute Gasteiger partial charge is 0.152 e. The number of nitrogens with zero attached hydrogens (tertiary/aromatic N) is 1. The highest BCUT2D eigenvalue weighted by molar-refractivity contribution is 5.94. The molecule has 0 saturated heterocycles. The summed E-state index contributed by atoms with van der Waals surface area (Å²) >= 11 is 0. The number of carbonyl (C=O) groups is 1. The van der Waals surface area contributed by atoms with Crippen LogP contribution in [0.5, 0.6) is 0 Å². The van der Waals surface area contributed by atoms with Crippen LogP contribution >= 0.6 is 0 Å². The number of hydrogen-bond donors (Lipinski definition) is 1. The molecule has 0 aliphatic heterocycles. The number of benzene rings is 1. The van der Waals surface area contributed by atoms with Crippen molar-refractivity contribution in [1.82, 2.24) is 9.97 Å². The Morgan fingerprint density at radius 1 is 1.54 bits per heavy atom. The zero-order valence-electron chi connectivity index (χ0n) is 7.37. The van der Waals surface area contributed by atoms with Gasteiger partial charge in [0, 0.05) is 12.0 Å². The number of aldehydes is 1. The van der Waals surface area contributed by atoms with Crippen molar-refractivity contribution < 1.29 is 4.79 Å². The number of fused-ring (bicyclic) bond motifs is 1. The van der Waals surface area contributed by atoms with Crippen LogP contribution in [0.2, 0.25) is 0 Å². The molecule has 3 nitrogen and oxygen atoms in total. The van der Waals surface area contributed by atoms with Gasteiger partial charge in [-0.1, -0.05) is 13.0 Å². The highest BCUT2D eigenvalue weighted by Crippen LogP contribution is 2.14. The number of carbonyl (C=O) groups excluding carboxylic acids is 1. The van der Waals surface area contributed by atoms with E-state index >= 15 is 0 Å². The van der Waals surface area contributed by atoms with Crippen molar-refractivity contribution in [3.8, 4) is 0 Å². The molecule has 1 aromatic carbocycles. The molecule has 0 spiro atoms. The number of hydrogen-bond acceptors (Lipinski definition) is 2. The maximum absolute atomic E-state index is 10.7. The molecule has 66 valence electrons. The van der Waals surface area contributed by atoms with Crippen LogP contribution in [-0.2, 0) is 6.42 Å². The number of aryl methyl sites for hydroxylation is 1. The van der Waals surface area contributed by atoms with Crippen molar-refractivity contribution in [2.45, 2.75) is 13.3 Å². The molecule has 1 heterocycles. The zero-order chi connectivity index (χ0) is 9.26. The van der Waals surface area contributed by atoms with Gasteiger partial charge >= 0.3 is 0 Å². The van der Waals surface area contributed by atoms with E-state index in [1.54, 1.807) is 6.07 Å². The summed E-state index contributed by atoms with van der Waals surface area (Å²) in [5.41, 5.74) is 2.35. The molecule has 13 heavy (non-hydrogen) atoms. The Balaban J connectivity index is 2.74. The number of aromatic amines is 1. The molecule has 0 atom stereocenters. The maximum Gasteiger partial charge on any atom is 0.152 e. The minimum absolute atomic E-state index is 0.647. The summed E-state index contributed by atoms with van der Waals surface area (Å²) < 4.78 is 0. The summed E-state index contributed by atoms with van der Waals surface area (Å²) in [6.45, 7) is 2.03. The van der Waals surface area contributed by atoms with Crippen LogP contribution in [0.4, 0.5) is 0 Å². The van der Waals surface area contributed by atoms with Gasteiger partial charge in [0.1, 0.15) is 5.82 Å². The first-order chi connectivity index (χ1) is 6.35. The Kier molecular flexibility index (Phi) is 1.85. The minimum Gasteiger partial charge on any atom is -0.342 e. The van der Waals surface area contributed by atoms with Crippen LogP contribution in [0.15, 0.2) is 18.2 Å². The van der Waals surface area contributed by atoms with Gasteiger partial charge in [-0.2, -0.15) is 0 Å². The van der Waals surface area contributed by atoms with E-state index in [-0.39, 0.29) is 0 Å². The minimum atomic E-state index is 0.647. The highest BCUT2D eigenvalue weighted by Gasteiger charge is 2.04. The van der Waals surface area contributed by atoms with Crippen LogP contribution in [0.3, 0.4) is 0 Å². The molecule has 1 N–H and O–H groups in total. The SMILES string of the molecule is CCc1nc2c(C=O)cccc2[nH]1. The second kappa shape index (κ2) is 3.01. The zero-order valence-corrected chi connectivity index (χ0v) is 7.37. The quantitative estimate of drug-likeness (QED) is 0.707. The van der Waals surface area contributed by atoms with Gasteiger partial charge in [-0.25, -0.2) is 4.98 Å².